The number of aliphatic carboxylic acids is 1. The van der Waals surface area contributed by atoms with Crippen molar-refractivity contribution in [3.8, 4) is 0 Å². The van der Waals surface area contributed by atoms with Crippen LogP contribution < -0.4 is 0 Å². The molecule has 0 saturated heterocycles. The molecule has 0 aliphatic rings. The first-order valence-electron chi connectivity index (χ1n) is 3.56. The van der Waals surface area contributed by atoms with E-state index >= 15 is 0 Å². The molecule has 5 heteroatoms. The Morgan fingerprint density at radius 3 is 2.29 bits per heavy atom. The fraction of sp³-hybridized carbons (Fsp3) is 0. The van der Waals surface area contributed by atoms with Crippen molar-refractivity contribution in [3.63, 3.8) is 0 Å². The molecule has 0 radical (unpaired) electrons. The van der Waals surface area contributed by atoms with Crippen molar-refractivity contribution in [2.75, 3.05) is 0 Å². The average Bonchev–Trinajstić information content (AvgIpc) is 2.19. The largest absolute Gasteiger partial charge is 0.475 e. The summed E-state index contributed by atoms with van der Waals surface area (Å²) >= 11 is 0.630. The molecular formula is C9H5NO3S. The van der Waals surface area contributed by atoms with Gasteiger partial charge in [-0.3, -0.25) is 4.79 Å². The third kappa shape index (κ3) is 2.61. The Morgan fingerprint density at radius 1 is 1.29 bits per heavy atom. The van der Waals surface area contributed by atoms with Gasteiger partial charge in [-0.15, -0.1) is 0 Å². The zero-order valence-electron chi connectivity index (χ0n) is 6.93. The monoisotopic (exact) mass is 207 g/mol. The van der Waals surface area contributed by atoms with Crippen LogP contribution in [-0.2, 0) is 9.59 Å². The number of carboxylic acid groups (broad SMARTS) is 1. The topological polar surface area (TPSA) is 58.7 Å². The van der Waals surface area contributed by atoms with Crippen LogP contribution in [0.1, 0.15) is 0 Å². The molecule has 1 rings (SSSR count). The van der Waals surface area contributed by atoms with Gasteiger partial charge in [0.05, 0.1) is 6.57 Å². The maximum atomic E-state index is 10.8. The van der Waals surface area contributed by atoms with Crippen molar-refractivity contribution in [2.45, 2.75) is 4.90 Å². The van der Waals surface area contributed by atoms with Crippen LogP contribution in [0, 0.1) is 6.57 Å². The molecule has 70 valence electrons. The second kappa shape index (κ2) is 4.44. The third-order valence-electron chi connectivity index (χ3n) is 1.35. The number of carboxylic acids is 1. The maximum Gasteiger partial charge on any atom is 0.383 e. The summed E-state index contributed by atoms with van der Waals surface area (Å²) in [4.78, 5) is 24.7. The van der Waals surface area contributed by atoms with Crippen molar-refractivity contribution < 1.29 is 14.7 Å². The van der Waals surface area contributed by atoms with Crippen molar-refractivity contribution in [1.29, 1.82) is 0 Å². The normalized spacial score (nSPS) is 9.07. The number of hydrogen-bond donors (Lipinski definition) is 1. The number of carbonyl (C=O) groups is 2. The predicted molar refractivity (Wildman–Crippen MR) is 51.2 cm³/mol. The zero-order chi connectivity index (χ0) is 10.6. The van der Waals surface area contributed by atoms with Gasteiger partial charge < -0.3 is 5.11 Å². The summed E-state index contributed by atoms with van der Waals surface area (Å²) in [5.74, 6) is -1.47. The van der Waals surface area contributed by atoms with Crippen molar-refractivity contribution in [3.05, 3.63) is 35.7 Å². The van der Waals surface area contributed by atoms with E-state index < -0.39 is 11.1 Å². The molecule has 0 heterocycles. The van der Waals surface area contributed by atoms with Crippen LogP contribution in [0.15, 0.2) is 29.2 Å². The molecule has 1 aromatic carbocycles. The van der Waals surface area contributed by atoms with Crippen molar-refractivity contribution in [1.82, 2.24) is 0 Å². The van der Waals surface area contributed by atoms with Crippen LogP contribution in [0.4, 0.5) is 5.69 Å². The highest BCUT2D eigenvalue weighted by atomic mass is 32.2. The fourth-order valence-electron chi connectivity index (χ4n) is 0.739. The number of thioether (sulfide) groups is 1. The quantitative estimate of drug-likeness (QED) is 0.434. The Kier molecular flexibility index (Phi) is 3.26. The average molecular weight is 207 g/mol. The van der Waals surface area contributed by atoms with Crippen LogP contribution in [0.2, 0.25) is 0 Å². The number of benzene rings is 1. The Bertz CT molecular complexity index is 405. The SMILES string of the molecule is [C-]#[N+]c1ccc(SC(=O)C(=O)O)cc1. The molecule has 1 aromatic rings. The van der Waals surface area contributed by atoms with Gasteiger partial charge >= 0.3 is 11.1 Å². The molecule has 1 N–H and O–H groups in total. The second-order valence-electron chi connectivity index (χ2n) is 2.30. The molecule has 0 aromatic heterocycles. The summed E-state index contributed by atoms with van der Waals surface area (Å²) in [6.07, 6.45) is 0. The van der Waals surface area contributed by atoms with E-state index in [0.717, 1.165) is 0 Å². The van der Waals surface area contributed by atoms with Gasteiger partial charge in [-0.2, -0.15) is 0 Å². The molecule has 4 nitrogen and oxygen atoms in total. The van der Waals surface area contributed by atoms with Crippen molar-refractivity contribution in [2.24, 2.45) is 0 Å². The molecular weight excluding hydrogens is 202 g/mol. The summed E-state index contributed by atoms with van der Waals surface area (Å²) in [5.41, 5.74) is 0.456. The summed E-state index contributed by atoms with van der Waals surface area (Å²) in [6.45, 7) is 6.68. The number of nitrogens with zero attached hydrogens (tertiary/aromatic N) is 1. The molecule has 0 saturated carbocycles. The fourth-order valence-corrected chi connectivity index (χ4v) is 1.31. The smallest absolute Gasteiger partial charge is 0.383 e. The van der Waals surface area contributed by atoms with Gasteiger partial charge in [0.1, 0.15) is 0 Å². The second-order valence-corrected chi connectivity index (χ2v) is 3.35. The third-order valence-corrected chi connectivity index (χ3v) is 2.22. The molecule has 0 unspecified atom stereocenters. The zero-order valence-corrected chi connectivity index (χ0v) is 7.75. The van der Waals surface area contributed by atoms with Crippen LogP contribution >= 0.6 is 11.8 Å². The van der Waals surface area contributed by atoms with Gasteiger partial charge in [0, 0.05) is 4.90 Å². The van der Waals surface area contributed by atoms with Crippen molar-refractivity contribution >= 4 is 28.5 Å². The van der Waals surface area contributed by atoms with E-state index in [2.05, 4.69) is 4.85 Å². The standard InChI is InChI=1S/C9H5NO3S/c1-10-6-2-4-7(5-3-6)14-9(13)8(11)12/h2-5H,(H,11,12). The Hall–Kier alpha value is -1.80. The van der Waals surface area contributed by atoms with Gasteiger partial charge in [0.15, 0.2) is 5.69 Å². The molecule has 0 aliphatic carbocycles. The Balaban J connectivity index is 2.75. The van der Waals surface area contributed by atoms with E-state index in [1.165, 1.54) is 12.1 Å². The van der Waals surface area contributed by atoms with Crippen LogP contribution in [0.25, 0.3) is 4.85 Å². The lowest BCUT2D eigenvalue weighted by Gasteiger charge is -1.96. The minimum atomic E-state index is -1.47. The van der Waals surface area contributed by atoms with Gasteiger partial charge in [-0.1, -0.05) is 24.3 Å². The molecule has 0 aliphatic heterocycles. The summed E-state index contributed by atoms with van der Waals surface area (Å²) < 4.78 is 0. The first-order valence-corrected chi connectivity index (χ1v) is 4.38. The van der Waals surface area contributed by atoms with E-state index in [1.807, 2.05) is 0 Å². The predicted octanol–water partition coefficient (Wildman–Crippen LogP) is 1.94. The van der Waals surface area contributed by atoms with Crippen LogP contribution in [0.3, 0.4) is 0 Å². The molecule has 0 bridgehead atoms. The Labute approximate surface area is 84.4 Å². The van der Waals surface area contributed by atoms with E-state index in [0.29, 0.717) is 22.3 Å². The van der Waals surface area contributed by atoms with E-state index in [-0.39, 0.29) is 0 Å². The lowest BCUT2D eigenvalue weighted by Crippen LogP contribution is -2.06. The summed E-state index contributed by atoms with van der Waals surface area (Å²) in [5, 5.41) is 7.40. The van der Waals surface area contributed by atoms with Crippen LogP contribution in [-0.4, -0.2) is 16.2 Å². The molecule has 14 heavy (non-hydrogen) atoms. The lowest BCUT2D eigenvalue weighted by atomic mass is 10.3. The maximum absolute atomic E-state index is 10.8. The highest BCUT2D eigenvalue weighted by molar-refractivity contribution is 8.15. The first kappa shape index (κ1) is 10.3. The Morgan fingerprint density at radius 2 is 1.86 bits per heavy atom. The van der Waals surface area contributed by atoms with E-state index in [4.69, 9.17) is 11.7 Å². The highest BCUT2D eigenvalue weighted by Gasteiger charge is 2.12. The number of rotatable bonds is 1. The number of hydrogen-bond acceptors (Lipinski definition) is 3. The molecule has 0 spiro atoms. The van der Waals surface area contributed by atoms with Gasteiger partial charge in [-0.05, 0) is 11.8 Å². The van der Waals surface area contributed by atoms with Crippen LogP contribution in [0.5, 0.6) is 0 Å². The van der Waals surface area contributed by atoms with E-state index in [1.54, 1.807) is 12.1 Å². The molecule has 0 amide bonds. The molecule has 0 fully saturated rings. The summed E-state index contributed by atoms with van der Waals surface area (Å²) in [7, 11) is 0. The minimum Gasteiger partial charge on any atom is -0.475 e. The van der Waals surface area contributed by atoms with Gasteiger partial charge in [0.2, 0.25) is 0 Å². The van der Waals surface area contributed by atoms with Gasteiger partial charge in [-0.25, -0.2) is 9.64 Å². The van der Waals surface area contributed by atoms with E-state index in [9.17, 15) is 9.59 Å². The summed E-state index contributed by atoms with van der Waals surface area (Å²) in [6, 6.07) is 6.15. The first-order chi connectivity index (χ1) is 6.63. The molecule has 0 atom stereocenters. The lowest BCUT2D eigenvalue weighted by molar-refractivity contribution is -0.144. The highest BCUT2D eigenvalue weighted by Crippen LogP contribution is 2.22. The van der Waals surface area contributed by atoms with Gasteiger partial charge in [0.25, 0.3) is 0 Å². The minimum absolute atomic E-state index is 0.456. The number of carbonyl (C=O) groups excluding carboxylic acids is 1.